The second-order valence-electron chi connectivity index (χ2n) is 2.99. The van der Waals surface area contributed by atoms with Crippen LogP contribution in [0.2, 0.25) is 0 Å². The number of rotatable bonds is 2. The zero-order valence-electron chi connectivity index (χ0n) is 8.18. The van der Waals surface area contributed by atoms with E-state index in [0.29, 0.717) is 5.82 Å². The highest BCUT2D eigenvalue weighted by atomic mass is 16.2. The smallest absolute Gasteiger partial charge is 0.262 e. The monoisotopic (exact) mass is 216 g/mol. The Balaban J connectivity index is 2.22. The molecule has 2 aromatic rings. The first-order valence-corrected chi connectivity index (χ1v) is 4.53. The summed E-state index contributed by atoms with van der Waals surface area (Å²) in [6.07, 6.45) is 4.29. The lowest BCUT2D eigenvalue weighted by Gasteiger charge is -2.01. The maximum Gasteiger partial charge on any atom is 0.262 e. The van der Waals surface area contributed by atoms with Gasteiger partial charge >= 0.3 is 0 Å². The average Bonchev–Trinajstić information content (AvgIpc) is 2.31. The molecule has 2 aromatic heterocycles. The van der Waals surface area contributed by atoms with Crippen LogP contribution in [0.15, 0.2) is 41.6 Å². The quantitative estimate of drug-likeness (QED) is 0.761. The Kier molecular flexibility index (Phi) is 2.73. The molecular formula is C10H8N4O2. The van der Waals surface area contributed by atoms with E-state index in [9.17, 15) is 9.59 Å². The summed E-state index contributed by atoms with van der Waals surface area (Å²) in [7, 11) is 0. The van der Waals surface area contributed by atoms with Gasteiger partial charge in [-0.15, -0.1) is 5.10 Å². The van der Waals surface area contributed by atoms with Crippen molar-refractivity contribution in [2.45, 2.75) is 0 Å². The molecule has 0 unspecified atom stereocenters. The number of H-pyrrole nitrogens is 1. The first kappa shape index (κ1) is 10.0. The fourth-order valence-corrected chi connectivity index (χ4v) is 1.15. The number of aromatic nitrogens is 3. The Hall–Kier alpha value is -2.50. The molecule has 0 aliphatic carbocycles. The maximum absolute atomic E-state index is 11.6. The Morgan fingerprint density at radius 3 is 2.94 bits per heavy atom. The summed E-state index contributed by atoms with van der Waals surface area (Å²) in [5, 5.41) is 9.75. The van der Waals surface area contributed by atoms with E-state index in [1.165, 1.54) is 24.7 Å². The van der Waals surface area contributed by atoms with Crippen LogP contribution < -0.4 is 10.7 Å². The number of carbonyl (C=O) groups excluding carboxylic acids is 1. The second-order valence-corrected chi connectivity index (χ2v) is 2.99. The minimum atomic E-state index is -0.512. The molecule has 1 amide bonds. The maximum atomic E-state index is 11.6. The van der Waals surface area contributed by atoms with E-state index < -0.39 is 5.91 Å². The van der Waals surface area contributed by atoms with Gasteiger partial charge < -0.3 is 10.3 Å². The SMILES string of the molecule is O=C(Nc1cccnn1)c1c[nH]ccc1=O. The molecular weight excluding hydrogens is 208 g/mol. The van der Waals surface area contributed by atoms with Crippen molar-refractivity contribution in [2.24, 2.45) is 0 Å². The van der Waals surface area contributed by atoms with Gasteiger partial charge in [-0.2, -0.15) is 5.10 Å². The summed E-state index contributed by atoms with van der Waals surface area (Å²) >= 11 is 0. The van der Waals surface area contributed by atoms with Crippen LogP contribution in [0, 0.1) is 0 Å². The minimum Gasteiger partial charge on any atom is -0.367 e. The van der Waals surface area contributed by atoms with Crippen LogP contribution in [0.25, 0.3) is 0 Å². The van der Waals surface area contributed by atoms with E-state index in [1.807, 2.05) is 0 Å². The molecule has 0 spiro atoms. The fourth-order valence-electron chi connectivity index (χ4n) is 1.15. The minimum absolute atomic E-state index is 0.0353. The van der Waals surface area contributed by atoms with Gasteiger partial charge in [0.15, 0.2) is 11.2 Å². The summed E-state index contributed by atoms with van der Waals surface area (Å²) in [4.78, 5) is 25.6. The molecule has 0 aliphatic rings. The van der Waals surface area contributed by atoms with Crippen LogP contribution in [0.1, 0.15) is 10.4 Å². The molecule has 0 bridgehead atoms. The van der Waals surface area contributed by atoms with Crippen molar-refractivity contribution < 1.29 is 4.79 Å². The molecule has 0 aliphatic heterocycles. The molecule has 0 atom stereocenters. The predicted molar refractivity (Wildman–Crippen MR) is 57.0 cm³/mol. The number of hydrogen-bond donors (Lipinski definition) is 2. The highest BCUT2D eigenvalue weighted by Crippen LogP contribution is 2.00. The van der Waals surface area contributed by atoms with Crippen LogP contribution >= 0.6 is 0 Å². The van der Waals surface area contributed by atoms with Gasteiger partial charge in [0.25, 0.3) is 5.91 Å². The number of nitrogens with zero attached hydrogens (tertiary/aromatic N) is 2. The third kappa shape index (κ3) is 2.11. The van der Waals surface area contributed by atoms with Crippen molar-refractivity contribution in [3.63, 3.8) is 0 Å². The topological polar surface area (TPSA) is 87.7 Å². The highest BCUT2D eigenvalue weighted by molar-refractivity contribution is 6.03. The summed E-state index contributed by atoms with van der Waals surface area (Å²) in [6, 6.07) is 4.51. The standard InChI is InChI=1S/C10H8N4O2/c15-8-3-5-11-6-7(8)10(16)13-9-2-1-4-12-14-9/h1-6H,(H,11,15)(H,13,14,16). The van der Waals surface area contributed by atoms with Crippen molar-refractivity contribution >= 4 is 11.7 Å². The van der Waals surface area contributed by atoms with Crippen LogP contribution in [-0.2, 0) is 0 Å². The van der Waals surface area contributed by atoms with Crippen LogP contribution in [-0.4, -0.2) is 21.1 Å². The van der Waals surface area contributed by atoms with Crippen molar-refractivity contribution in [1.29, 1.82) is 0 Å². The van der Waals surface area contributed by atoms with Crippen molar-refractivity contribution in [1.82, 2.24) is 15.2 Å². The third-order valence-corrected chi connectivity index (χ3v) is 1.88. The van der Waals surface area contributed by atoms with E-state index in [-0.39, 0.29) is 11.0 Å². The fraction of sp³-hybridized carbons (Fsp3) is 0. The van der Waals surface area contributed by atoms with Gasteiger partial charge in [-0.3, -0.25) is 9.59 Å². The number of amides is 1. The number of aromatic amines is 1. The Bertz CT molecular complexity index is 550. The van der Waals surface area contributed by atoms with Gasteiger partial charge in [0.05, 0.1) is 0 Å². The van der Waals surface area contributed by atoms with E-state index in [0.717, 1.165) is 0 Å². The molecule has 2 heterocycles. The third-order valence-electron chi connectivity index (χ3n) is 1.88. The van der Waals surface area contributed by atoms with Crippen molar-refractivity contribution in [2.75, 3.05) is 5.32 Å². The van der Waals surface area contributed by atoms with Crippen molar-refractivity contribution in [3.05, 3.63) is 52.6 Å². The lowest BCUT2D eigenvalue weighted by molar-refractivity contribution is 0.102. The first-order valence-electron chi connectivity index (χ1n) is 4.53. The molecule has 16 heavy (non-hydrogen) atoms. The van der Waals surface area contributed by atoms with E-state index in [1.54, 1.807) is 12.1 Å². The molecule has 2 N–H and O–H groups in total. The molecule has 80 valence electrons. The number of pyridine rings is 1. The summed E-state index contributed by atoms with van der Waals surface area (Å²) < 4.78 is 0. The van der Waals surface area contributed by atoms with Gasteiger partial charge in [-0.05, 0) is 12.1 Å². The van der Waals surface area contributed by atoms with Gasteiger partial charge in [0, 0.05) is 24.7 Å². The molecule has 0 fully saturated rings. The van der Waals surface area contributed by atoms with Crippen LogP contribution in [0.5, 0.6) is 0 Å². The average molecular weight is 216 g/mol. The molecule has 6 nitrogen and oxygen atoms in total. The molecule has 2 rings (SSSR count). The van der Waals surface area contributed by atoms with Crippen molar-refractivity contribution in [3.8, 4) is 0 Å². The Labute approximate surface area is 90.4 Å². The predicted octanol–water partition coefficient (Wildman–Crippen LogP) is 0.417. The lowest BCUT2D eigenvalue weighted by Crippen LogP contribution is -2.21. The molecule has 0 aromatic carbocycles. The number of hydrogen-bond acceptors (Lipinski definition) is 4. The lowest BCUT2D eigenvalue weighted by atomic mass is 10.2. The number of nitrogens with one attached hydrogen (secondary N) is 2. The Morgan fingerprint density at radius 1 is 1.38 bits per heavy atom. The number of carbonyl (C=O) groups is 1. The van der Waals surface area contributed by atoms with E-state index in [4.69, 9.17) is 0 Å². The zero-order chi connectivity index (χ0) is 11.4. The molecule has 6 heteroatoms. The van der Waals surface area contributed by atoms with Gasteiger partial charge in [-0.25, -0.2) is 0 Å². The summed E-state index contributed by atoms with van der Waals surface area (Å²) in [5.41, 5.74) is -0.312. The van der Waals surface area contributed by atoms with Crippen LogP contribution in [0.3, 0.4) is 0 Å². The summed E-state index contributed by atoms with van der Waals surface area (Å²) in [5.74, 6) is -0.210. The van der Waals surface area contributed by atoms with Gasteiger partial charge in [0.2, 0.25) is 0 Å². The van der Waals surface area contributed by atoms with Gasteiger partial charge in [-0.1, -0.05) is 0 Å². The normalized spacial score (nSPS) is 9.75. The number of anilines is 1. The highest BCUT2D eigenvalue weighted by Gasteiger charge is 2.09. The first-order chi connectivity index (χ1) is 7.77. The zero-order valence-corrected chi connectivity index (χ0v) is 8.18. The molecule has 0 radical (unpaired) electrons. The Morgan fingerprint density at radius 2 is 2.25 bits per heavy atom. The largest absolute Gasteiger partial charge is 0.367 e. The summed E-state index contributed by atoms with van der Waals surface area (Å²) in [6.45, 7) is 0. The molecule has 0 saturated carbocycles. The van der Waals surface area contributed by atoms with Crippen LogP contribution in [0.4, 0.5) is 5.82 Å². The van der Waals surface area contributed by atoms with Gasteiger partial charge in [0.1, 0.15) is 5.56 Å². The van der Waals surface area contributed by atoms with E-state index in [2.05, 4.69) is 20.5 Å². The van der Waals surface area contributed by atoms with E-state index >= 15 is 0 Å². The molecule has 0 saturated heterocycles. The second kappa shape index (κ2) is 4.35.